The summed E-state index contributed by atoms with van der Waals surface area (Å²) in [6, 6.07) is 24.4. The van der Waals surface area contributed by atoms with Crippen LogP contribution in [-0.4, -0.2) is 67.3 Å². The van der Waals surface area contributed by atoms with Gasteiger partial charge in [0.15, 0.2) is 0 Å². The number of nitrogens with one attached hydrogen (secondary N) is 1. The molecule has 3 N–H and O–H groups in total. The van der Waals surface area contributed by atoms with E-state index in [1.807, 2.05) is 18.2 Å². The van der Waals surface area contributed by atoms with Gasteiger partial charge in [0.2, 0.25) is 10.0 Å². The van der Waals surface area contributed by atoms with E-state index in [9.17, 15) is 23.4 Å². The number of carbonyl (C=O) groups is 1. The third-order valence-electron chi connectivity index (χ3n) is 7.65. The third-order valence-corrected chi connectivity index (χ3v) is 9.49. The lowest BCUT2D eigenvalue weighted by atomic mass is 9.93. The molecule has 0 bridgehead atoms. The number of carboxylic acid groups (broad SMARTS) is 1. The number of sulfonamides is 1. The van der Waals surface area contributed by atoms with Crippen molar-refractivity contribution in [2.24, 2.45) is 0 Å². The van der Waals surface area contributed by atoms with E-state index in [4.69, 9.17) is 4.74 Å². The van der Waals surface area contributed by atoms with Crippen molar-refractivity contribution in [3.8, 4) is 16.9 Å². The molecule has 4 aromatic carbocycles. The van der Waals surface area contributed by atoms with Gasteiger partial charge in [-0.1, -0.05) is 54.6 Å². The molecule has 0 radical (unpaired) electrons. The second-order valence-electron chi connectivity index (χ2n) is 11.5. The van der Waals surface area contributed by atoms with Gasteiger partial charge >= 0.3 is 5.97 Å². The highest BCUT2D eigenvalue weighted by Gasteiger charge is 2.26. The number of ether oxygens (including phenoxy) is 1. The Balaban J connectivity index is 1.20. The van der Waals surface area contributed by atoms with Crippen LogP contribution in [-0.2, 0) is 22.9 Å². The second kappa shape index (κ2) is 11.9. The van der Waals surface area contributed by atoms with Crippen molar-refractivity contribution in [1.82, 2.24) is 9.62 Å². The summed E-state index contributed by atoms with van der Waals surface area (Å²) in [5.41, 5.74) is 3.16. The number of β-amino-alcohol motifs (C(OH)–C–C–N with tert-alkyl or cyclic N) is 1. The highest BCUT2D eigenvalue weighted by molar-refractivity contribution is 7.89. The van der Waals surface area contributed by atoms with Crippen molar-refractivity contribution in [2.75, 3.05) is 26.7 Å². The van der Waals surface area contributed by atoms with Crippen LogP contribution < -0.4 is 10.1 Å². The summed E-state index contributed by atoms with van der Waals surface area (Å²) >= 11 is 0. The van der Waals surface area contributed by atoms with Crippen LogP contribution in [0, 0.1) is 0 Å². The van der Waals surface area contributed by atoms with Crippen LogP contribution in [0.5, 0.6) is 5.75 Å². The maximum Gasteiger partial charge on any atom is 0.339 e. The smallest absolute Gasteiger partial charge is 0.339 e. The standard InChI is InChI=1S/C33H36N2O6S/c1-33(2,19-22-8-9-23-6-4-5-7-25(23)16-22)34-20-28(36)21-35(3)42(39,40)29-12-10-24(11-13-29)27-17-26-14-15-41-31(26)30(18-27)32(37)38/h4-13,16-18,28,34,36H,14-15,19-21H2,1-3H3,(H,37,38). The molecule has 42 heavy (non-hydrogen) atoms. The number of aliphatic hydroxyl groups is 1. The lowest BCUT2D eigenvalue weighted by Crippen LogP contribution is -2.47. The van der Waals surface area contributed by atoms with Crippen LogP contribution >= 0.6 is 0 Å². The van der Waals surface area contributed by atoms with Crippen molar-refractivity contribution >= 4 is 26.8 Å². The summed E-state index contributed by atoms with van der Waals surface area (Å²) in [4.78, 5) is 11.8. The number of benzene rings is 4. The van der Waals surface area contributed by atoms with Crippen LogP contribution in [0.4, 0.5) is 0 Å². The Morgan fingerprint density at radius 1 is 1.00 bits per heavy atom. The zero-order chi connectivity index (χ0) is 30.1. The van der Waals surface area contributed by atoms with E-state index in [1.54, 1.807) is 18.2 Å². The van der Waals surface area contributed by atoms with Gasteiger partial charge in [0.05, 0.1) is 17.6 Å². The predicted molar refractivity (Wildman–Crippen MR) is 164 cm³/mol. The number of hydrogen-bond acceptors (Lipinski definition) is 6. The first-order valence-corrected chi connectivity index (χ1v) is 15.4. The Morgan fingerprint density at radius 3 is 2.43 bits per heavy atom. The first kappa shape index (κ1) is 29.7. The molecular weight excluding hydrogens is 552 g/mol. The number of aromatic carboxylic acids is 1. The molecule has 0 amide bonds. The molecule has 220 valence electrons. The van der Waals surface area contributed by atoms with E-state index in [0.717, 1.165) is 16.3 Å². The lowest BCUT2D eigenvalue weighted by Gasteiger charge is -2.29. The summed E-state index contributed by atoms with van der Waals surface area (Å²) in [5, 5.41) is 26.1. The van der Waals surface area contributed by atoms with Gasteiger partial charge < -0.3 is 20.3 Å². The fourth-order valence-corrected chi connectivity index (χ4v) is 6.62. The zero-order valence-electron chi connectivity index (χ0n) is 24.0. The Morgan fingerprint density at radius 2 is 1.71 bits per heavy atom. The zero-order valence-corrected chi connectivity index (χ0v) is 24.8. The van der Waals surface area contributed by atoms with Crippen LogP contribution in [0.1, 0.15) is 35.3 Å². The molecule has 0 spiro atoms. The Labute approximate surface area is 246 Å². The quantitative estimate of drug-likeness (QED) is 0.232. The molecule has 5 rings (SSSR count). The minimum absolute atomic E-state index is 0.0735. The Kier molecular flexibility index (Phi) is 8.39. The maximum absolute atomic E-state index is 13.3. The Bertz CT molecular complexity index is 1720. The monoisotopic (exact) mass is 588 g/mol. The summed E-state index contributed by atoms with van der Waals surface area (Å²) < 4.78 is 33.2. The molecule has 1 atom stereocenters. The van der Waals surface area contributed by atoms with Crippen LogP contribution in [0.15, 0.2) is 83.8 Å². The largest absolute Gasteiger partial charge is 0.492 e. The molecule has 0 saturated heterocycles. The Hall–Kier alpha value is -3.76. The fourth-order valence-electron chi connectivity index (χ4n) is 5.41. The van der Waals surface area contributed by atoms with Gasteiger partial charge in [-0.3, -0.25) is 0 Å². The minimum atomic E-state index is -3.86. The number of hydrogen-bond donors (Lipinski definition) is 3. The fraction of sp³-hybridized carbons (Fsp3) is 0.303. The van der Waals surface area contributed by atoms with Crippen molar-refractivity contribution in [2.45, 2.75) is 43.2 Å². The van der Waals surface area contributed by atoms with Gasteiger partial charge in [-0.25, -0.2) is 13.2 Å². The van der Waals surface area contributed by atoms with Gasteiger partial charge in [0, 0.05) is 32.1 Å². The molecule has 1 heterocycles. The van der Waals surface area contributed by atoms with E-state index < -0.39 is 22.1 Å². The topological polar surface area (TPSA) is 116 Å². The first-order chi connectivity index (χ1) is 19.9. The molecule has 9 heteroatoms. The molecule has 0 aliphatic carbocycles. The van der Waals surface area contributed by atoms with Gasteiger partial charge in [0.25, 0.3) is 0 Å². The number of aliphatic hydroxyl groups excluding tert-OH is 1. The van der Waals surface area contributed by atoms with Crippen LogP contribution in [0.2, 0.25) is 0 Å². The van der Waals surface area contributed by atoms with Gasteiger partial charge in [-0.2, -0.15) is 4.31 Å². The van der Waals surface area contributed by atoms with Gasteiger partial charge in [0.1, 0.15) is 11.3 Å². The molecule has 0 saturated carbocycles. The summed E-state index contributed by atoms with van der Waals surface area (Å²) in [6.45, 7) is 4.71. The number of carboxylic acids is 1. The highest BCUT2D eigenvalue weighted by Crippen LogP contribution is 2.35. The van der Waals surface area contributed by atoms with Crippen molar-refractivity contribution in [3.63, 3.8) is 0 Å². The maximum atomic E-state index is 13.3. The molecule has 1 aliphatic heterocycles. The van der Waals surface area contributed by atoms with Crippen LogP contribution in [0.25, 0.3) is 21.9 Å². The SMILES string of the molecule is CN(CC(O)CNC(C)(C)Cc1ccc2ccccc2c1)S(=O)(=O)c1ccc(-c2cc3c(c(C(=O)O)c2)OCC3)cc1. The summed E-state index contributed by atoms with van der Waals surface area (Å²) in [6.07, 6.45) is 0.456. The summed E-state index contributed by atoms with van der Waals surface area (Å²) in [7, 11) is -2.41. The second-order valence-corrected chi connectivity index (χ2v) is 13.5. The summed E-state index contributed by atoms with van der Waals surface area (Å²) in [5.74, 6) is -0.668. The molecule has 0 fully saturated rings. The minimum Gasteiger partial charge on any atom is -0.492 e. The lowest BCUT2D eigenvalue weighted by molar-refractivity contribution is 0.0693. The molecule has 1 aliphatic rings. The molecule has 1 unspecified atom stereocenters. The van der Waals surface area contributed by atoms with Crippen molar-refractivity contribution < 1.29 is 28.2 Å². The number of fused-ring (bicyclic) bond motifs is 2. The normalized spacial score (nSPS) is 14.1. The van der Waals surface area contributed by atoms with Gasteiger partial charge in [-0.15, -0.1) is 0 Å². The number of rotatable bonds is 11. The third kappa shape index (κ3) is 6.50. The van der Waals surface area contributed by atoms with E-state index in [1.165, 1.54) is 35.5 Å². The van der Waals surface area contributed by atoms with Gasteiger partial charge in [-0.05, 0) is 77.6 Å². The number of likely N-dealkylation sites (N-methyl/N-ethyl adjacent to an activating group) is 1. The molecule has 8 nitrogen and oxygen atoms in total. The van der Waals surface area contributed by atoms with Crippen molar-refractivity contribution in [1.29, 1.82) is 0 Å². The van der Waals surface area contributed by atoms with E-state index >= 15 is 0 Å². The van der Waals surface area contributed by atoms with Crippen molar-refractivity contribution in [3.05, 3.63) is 95.6 Å². The first-order valence-electron chi connectivity index (χ1n) is 13.9. The predicted octanol–water partition coefficient (Wildman–Crippen LogP) is 4.73. The van der Waals surface area contributed by atoms with E-state index in [0.29, 0.717) is 29.9 Å². The molecule has 0 aromatic heterocycles. The average molecular weight is 589 g/mol. The molecule has 4 aromatic rings. The van der Waals surface area contributed by atoms with Crippen LogP contribution in [0.3, 0.4) is 0 Å². The molecular formula is C33H36N2O6S. The van der Waals surface area contributed by atoms with E-state index in [2.05, 4.69) is 49.5 Å². The highest BCUT2D eigenvalue weighted by atomic mass is 32.2. The van der Waals surface area contributed by atoms with E-state index in [-0.39, 0.29) is 29.1 Å². The average Bonchev–Trinajstić information content (AvgIpc) is 3.44. The number of nitrogens with zero attached hydrogens (tertiary/aromatic N) is 1.